The molecule has 2 aromatic carbocycles. The summed E-state index contributed by atoms with van der Waals surface area (Å²) in [4.78, 5) is 26.8. The monoisotopic (exact) mass is 425 g/mol. The molecular weight excluding hydrogens is 401 g/mol. The number of amides is 1. The summed E-state index contributed by atoms with van der Waals surface area (Å²) in [6, 6.07) is 11.0. The summed E-state index contributed by atoms with van der Waals surface area (Å²) in [5.41, 5.74) is 1.75. The molecule has 1 aliphatic heterocycles. The first-order valence-corrected chi connectivity index (χ1v) is 10.4. The van der Waals surface area contributed by atoms with Crippen LogP contribution >= 0.6 is 0 Å². The van der Waals surface area contributed by atoms with Gasteiger partial charge < -0.3 is 14.2 Å². The molecule has 0 atom stereocenters. The Morgan fingerprint density at radius 1 is 1.16 bits per heavy atom. The summed E-state index contributed by atoms with van der Waals surface area (Å²) in [7, 11) is 0. The Labute approximate surface area is 179 Å². The maximum absolute atomic E-state index is 13.0. The third-order valence-electron chi connectivity index (χ3n) is 5.54. The fourth-order valence-corrected chi connectivity index (χ4v) is 3.81. The van der Waals surface area contributed by atoms with E-state index < -0.39 is 6.09 Å². The Kier molecular flexibility index (Phi) is 6.57. The van der Waals surface area contributed by atoms with Crippen molar-refractivity contribution in [2.45, 2.75) is 19.3 Å². The molecule has 0 radical (unpaired) electrons. The van der Waals surface area contributed by atoms with Crippen LogP contribution in [0.4, 0.5) is 14.9 Å². The van der Waals surface area contributed by atoms with Crippen molar-refractivity contribution in [2.75, 3.05) is 31.6 Å². The van der Waals surface area contributed by atoms with E-state index in [1.165, 1.54) is 12.1 Å². The Bertz CT molecular complexity index is 1040. The van der Waals surface area contributed by atoms with Crippen LogP contribution in [-0.4, -0.2) is 48.2 Å². The van der Waals surface area contributed by atoms with E-state index in [1.807, 2.05) is 6.07 Å². The molecule has 1 aliphatic rings. The Morgan fingerprint density at radius 3 is 2.71 bits per heavy atom. The molecule has 31 heavy (non-hydrogen) atoms. The van der Waals surface area contributed by atoms with Gasteiger partial charge in [-0.3, -0.25) is 10.1 Å². The van der Waals surface area contributed by atoms with E-state index in [0.29, 0.717) is 29.9 Å². The van der Waals surface area contributed by atoms with Gasteiger partial charge in [0, 0.05) is 35.2 Å². The number of ketones is 1. The van der Waals surface area contributed by atoms with Crippen LogP contribution < -0.4 is 5.32 Å². The molecule has 0 unspecified atom stereocenters. The minimum Gasteiger partial charge on any atom is -0.449 e. The first-order chi connectivity index (χ1) is 15.1. The number of rotatable bonds is 7. The lowest BCUT2D eigenvalue weighted by atomic mass is 9.89. The summed E-state index contributed by atoms with van der Waals surface area (Å²) in [5, 5.41) is 7.24. The fourth-order valence-electron chi connectivity index (χ4n) is 3.81. The van der Waals surface area contributed by atoms with Crippen molar-refractivity contribution in [1.29, 1.82) is 0 Å². The number of benzene rings is 2. The molecule has 2 heterocycles. The number of fused-ring (bicyclic) bond motifs is 1. The zero-order chi connectivity index (χ0) is 21.6. The Hall–Kier alpha value is -3.26. The zero-order valence-electron chi connectivity index (χ0n) is 17.1. The van der Waals surface area contributed by atoms with E-state index in [-0.39, 0.29) is 17.5 Å². The first-order valence-electron chi connectivity index (χ1n) is 10.4. The molecule has 0 bridgehead atoms. The molecule has 0 spiro atoms. The Morgan fingerprint density at radius 2 is 1.94 bits per heavy atom. The molecular formula is C23H24FN3O4. The molecule has 1 aromatic heterocycles. The molecule has 0 saturated carbocycles. The van der Waals surface area contributed by atoms with Gasteiger partial charge in [-0.2, -0.15) is 0 Å². The minimum atomic E-state index is -0.512. The van der Waals surface area contributed by atoms with Gasteiger partial charge in [0.25, 0.3) is 0 Å². The van der Waals surface area contributed by atoms with Crippen molar-refractivity contribution < 1.29 is 23.2 Å². The molecule has 7 nitrogen and oxygen atoms in total. The van der Waals surface area contributed by atoms with Crippen molar-refractivity contribution in [2.24, 2.45) is 5.92 Å². The number of carbonyl (C=O) groups excluding carboxylic acids is 2. The van der Waals surface area contributed by atoms with Gasteiger partial charge in [-0.1, -0.05) is 5.16 Å². The average Bonchev–Trinajstić information content (AvgIpc) is 3.25. The van der Waals surface area contributed by atoms with Crippen LogP contribution in [0.25, 0.3) is 11.0 Å². The molecule has 1 fully saturated rings. The first kappa shape index (κ1) is 21.0. The highest BCUT2D eigenvalue weighted by Crippen LogP contribution is 2.22. The number of aromatic nitrogens is 1. The third kappa shape index (κ3) is 5.46. The quantitative estimate of drug-likeness (QED) is 0.443. The van der Waals surface area contributed by atoms with Gasteiger partial charge in [0.1, 0.15) is 5.82 Å². The van der Waals surface area contributed by atoms with Crippen LogP contribution in [0.2, 0.25) is 0 Å². The van der Waals surface area contributed by atoms with Crippen LogP contribution in [-0.2, 0) is 4.74 Å². The second-order valence-corrected chi connectivity index (χ2v) is 7.68. The molecule has 4 rings (SSSR count). The Balaban J connectivity index is 1.13. The van der Waals surface area contributed by atoms with Crippen LogP contribution in [0.3, 0.4) is 0 Å². The predicted octanol–water partition coefficient (Wildman–Crippen LogP) is 4.50. The zero-order valence-corrected chi connectivity index (χ0v) is 17.1. The summed E-state index contributed by atoms with van der Waals surface area (Å²) < 4.78 is 23.4. The van der Waals surface area contributed by atoms with Gasteiger partial charge >= 0.3 is 6.09 Å². The van der Waals surface area contributed by atoms with E-state index in [2.05, 4.69) is 15.4 Å². The minimum absolute atomic E-state index is 0.0227. The number of nitrogens with one attached hydrogen (secondary N) is 1. The maximum atomic E-state index is 13.0. The summed E-state index contributed by atoms with van der Waals surface area (Å²) in [5.74, 6) is -0.272. The number of anilines is 1. The molecule has 162 valence electrons. The normalized spacial score (nSPS) is 15.1. The van der Waals surface area contributed by atoms with E-state index in [9.17, 15) is 14.0 Å². The van der Waals surface area contributed by atoms with E-state index >= 15 is 0 Å². The van der Waals surface area contributed by atoms with Crippen molar-refractivity contribution in [3.05, 3.63) is 60.0 Å². The van der Waals surface area contributed by atoms with Crippen LogP contribution in [0.1, 0.15) is 29.6 Å². The van der Waals surface area contributed by atoms with E-state index in [1.54, 1.807) is 30.5 Å². The standard InChI is InChI=1S/C23H24FN3O4/c24-19-5-2-16(3-6-19)22(28)17-8-11-27(12-9-17)10-1-13-30-23(29)26-20-7-4-18-15-25-31-21(18)14-20/h2-7,14-15,17H,1,8-13H2,(H,26,29). The number of nitrogens with zero attached hydrogens (tertiary/aromatic N) is 2. The average molecular weight is 425 g/mol. The summed E-state index contributed by atoms with van der Waals surface area (Å²) >= 11 is 0. The van der Waals surface area contributed by atoms with Crippen molar-refractivity contribution >= 4 is 28.5 Å². The smallest absolute Gasteiger partial charge is 0.411 e. The van der Waals surface area contributed by atoms with Gasteiger partial charge in [0.15, 0.2) is 11.4 Å². The summed E-state index contributed by atoms with van der Waals surface area (Å²) in [6.45, 7) is 2.75. The highest BCUT2D eigenvalue weighted by molar-refractivity contribution is 5.97. The molecule has 1 amide bonds. The summed E-state index contributed by atoms with van der Waals surface area (Å²) in [6.07, 6.45) is 3.37. The number of Topliss-reactive ketones (excluding diaryl/α,β-unsaturated/α-hetero) is 1. The van der Waals surface area contributed by atoms with E-state index in [0.717, 1.165) is 37.9 Å². The lowest BCUT2D eigenvalue weighted by molar-refractivity contribution is 0.0830. The number of likely N-dealkylation sites (tertiary alicyclic amines) is 1. The van der Waals surface area contributed by atoms with Gasteiger partial charge in [0.2, 0.25) is 0 Å². The fraction of sp³-hybridized carbons (Fsp3) is 0.348. The van der Waals surface area contributed by atoms with Gasteiger partial charge in [0.05, 0.1) is 12.8 Å². The molecule has 8 heteroatoms. The number of halogens is 1. The van der Waals surface area contributed by atoms with Crippen molar-refractivity contribution in [3.63, 3.8) is 0 Å². The lowest BCUT2D eigenvalue weighted by Gasteiger charge is -2.31. The van der Waals surface area contributed by atoms with Crippen molar-refractivity contribution in [1.82, 2.24) is 10.1 Å². The number of ether oxygens (including phenoxy) is 1. The predicted molar refractivity (Wildman–Crippen MR) is 113 cm³/mol. The van der Waals surface area contributed by atoms with E-state index in [4.69, 9.17) is 9.26 Å². The lowest BCUT2D eigenvalue weighted by Crippen LogP contribution is -2.37. The number of hydrogen-bond donors (Lipinski definition) is 1. The topological polar surface area (TPSA) is 84.7 Å². The van der Waals surface area contributed by atoms with Gasteiger partial charge in [-0.15, -0.1) is 0 Å². The molecule has 0 aliphatic carbocycles. The highest BCUT2D eigenvalue weighted by Gasteiger charge is 2.25. The van der Waals surface area contributed by atoms with Crippen LogP contribution in [0.15, 0.2) is 53.2 Å². The highest BCUT2D eigenvalue weighted by atomic mass is 19.1. The number of carbonyl (C=O) groups is 2. The second kappa shape index (κ2) is 9.70. The molecule has 1 saturated heterocycles. The maximum Gasteiger partial charge on any atom is 0.411 e. The van der Waals surface area contributed by atoms with Gasteiger partial charge in [-0.25, -0.2) is 9.18 Å². The largest absolute Gasteiger partial charge is 0.449 e. The number of piperidine rings is 1. The SMILES string of the molecule is O=C(Nc1ccc2cnoc2c1)OCCCN1CCC(C(=O)c2ccc(F)cc2)CC1. The van der Waals surface area contributed by atoms with Crippen molar-refractivity contribution in [3.8, 4) is 0 Å². The van der Waals surface area contributed by atoms with Crippen LogP contribution in [0, 0.1) is 11.7 Å². The number of hydrogen-bond acceptors (Lipinski definition) is 6. The molecule has 3 aromatic rings. The third-order valence-corrected chi connectivity index (χ3v) is 5.54. The van der Waals surface area contributed by atoms with Gasteiger partial charge in [-0.05, 0) is 68.8 Å². The van der Waals surface area contributed by atoms with Crippen LogP contribution in [0.5, 0.6) is 0 Å². The molecule has 1 N–H and O–H groups in total. The second-order valence-electron chi connectivity index (χ2n) is 7.68.